The summed E-state index contributed by atoms with van der Waals surface area (Å²) in [7, 11) is 1.53. The van der Waals surface area contributed by atoms with E-state index in [1.54, 1.807) is 36.4 Å². The van der Waals surface area contributed by atoms with Gasteiger partial charge in [-0.05, 0) is 30.2 Å². The molecule has 0 aliphatic heterocycles. The Labute approximate surface area is 143 Å². The second-order valence-corrected chi connectivity index (χ2v) is 5.21. The van der Waals surface area contributed by atoms with Crippen molar-refractivity contribution in [2.24, 2.45) is 0 Å². The Morgan fingerprint density at radius 1 is 1.16 bits per heavy atom. The number of rotatable bonds is 6. The van der Waals surface area contributed by atoms with Crippen molar-refractivity contribution in [3.05, 3.63) is 65.8 Å². The van der Waals surface area contributed by atoms with Gasteiger partial charge in [-0.25, -0.2) is 4.39 Å². The predicted molar refractivity (Wildman–Crippen MR) is 88.7 cm³/mol. The number of methoxy groups -OCH3 is 1. The van der Waals surface area contributed by atoms with Crippen LogP contribution in [0.25, 0.3) is 11.5 Å². The minimum atomic E-state index is -0.509. The zero-order valence-electron chi connectivity index (χ0n) is 13.5. The Balaban J connectivity index is 1.64. The van der Waals surface area contributed by atoms with Crippen molar-refractivity contribution in [3.8, 4) is 17.2 Å². The third-order valence-corrected chi connectivity index (χ3v) is 3.59. The first kappa shape index (κ1) is 16.6. The second-order valence-electron chi connectivity index (χ2n) is 5.21. The maximum Gasteiger partial charge on any atom is 0.308 e. The number of nitrogens with zero attached hydrogens (tertiary/aromatic N) is 2. The molecule has 0 fully saturated rings. The average Bonchev–Trinajstić information content (AvgIpc) is 3.13. The molecule has 3 rings (SSSR count). The highest BCUT2D eigenvalue weighted by molar-refractivity contribution is 5.89. The molecule has 0 aliphatic rings. The number of hydrogen-bond acceptors (Lipinski definition) is 5. The molecule has 3 aromatic rings. The van der Waals surface area contributed by atoms with Gasteiger partial charge in [-0.15, -0.1) is 10.2 Å². The summed E-state index contributed by atoms with van der Waals surface area (Å²) in [6, 6.07) is 13.6. The lowest BCUT2D eigenvalue weighted by atomic mass is 10.1. The van der Waals surface area contributed by atoms with Crippen LogP contribution in [0.4, 0.5) is 4.39 Å². The number of hydrogen-bond donors (Lipinski definition) is 1. The highest BCUT2D eigenvalue weighted by Crippen LogP contribution is 2.28. The topological polar surface area (TPSA) is 77.2 Å². The van der Waals surface area contributed by atoms with E-state index in [1.165, 1.54) is 13.2 Å². The lowest BCUT2D eigenvalue weighted by Gasteiger charge is -2.04. The van der Waals surface area contributed by atoms with Gasteiger partial charge in [-0.1, -0.05) is 30.3 Å². The van der Waals surface area contributed by atoms with Crippen LogP contribution >= 0.6 is 0 Å². The summed E-state index contributed by atoms with van der Waals surface area (Å²) >= 11 is 0. The van der Waals surface area contributed by atoms with Crippen molar-refractivity contribution in [2.75, 3.05) is 13.7 Å². The molecule has 7 heteroatoms. The number of halogens is 1. The van der Waals surface area contributed by atoms with Crippen LogP contribution in [-0.2, 0) is 6.42 Å². The number of nitrogens with one attached hydrogen (secondary N) is 1. The van der Waals surface area contributed by atoms with Crippen molar-refractivity contribution in [2.45, 2.75) is 6.42 Å². The number of para-hydroxylation sites is 1. The summed E-state index contributed by atoms with van der Waals surface area (Å²) in [5, 5.41) is 10.3. The quantitative estimate of drug-likeness (QED) is 0.746. The van der Waals surface area contributed by atoms with E-state index in [2.05, 4.69) is 15.5 Å². The Morgan fingerprint density at radius 3 is 2.72 bits per heavy atom. The summed E-state index contributed by atoms with van der Waals surface area (Å²) in [5.41, 5.74) is 1.13. The molecule has 6 nitrogen and oxygen atoms in total. The van der Waals surface area contributed by atoms with Crippen molar-refractivity contribution in [1.29, 1.82) is 0 Å². The molecule has 0 saturated heterocycles. The zero-order chi connectivity index (χ0) is 17.6. The first-order chi connectivity index (χ1) is 12.2. The van der Waals surface area contributed by atoms with Gasteiger partial charge in [0.2, 0.25) is 0 Å². The van der Waals surface area contributed by atoms with Crippen molar-refractivity contribution >= 4 is 5.91 Å². The highest BCUT2D eigenvalue weighted by atomic mass is 19.1. The van der Waals surface area contributed by atoms with Crippen LogP contribution in [0.3, 0.4) is 0 Å². The molecule has 1 heterocycles. The first-order valence-corrected chi connectivity index (χ1v) is 7.67. The molecule has 0 radical (unpaired) electrons. The largest absolute Gasteiger partial charge is 0.496 e. The number of amides is 1. The molecule has 128 valence electrons. The monoisotopic (exact) mass is 341 g/mol. The normalized spacial score (nSPS) is 10.5. The SMILES string of the molecule is COc1ccccc1-c1nnc(C(=O)NCCc2ccccc2F)o1. The van der Waals surface area contributed by atoms with Crippen LogP contribution in [0.1, 0.15) is 16.2 Å². The first-order valence-electron chi connectivity index (χ1n) is 7.67. The lowest BCUT2D eigenvalue weighted by molar-refractivity contribution is 0.0920. The van der Waals surface area contributed by atoms with Gasteiger partial charge in [0.1, 0.15) is 11.6 Å². The lowest BCUT2D eigenvalue weighted by Crippen LogP contribution is -2.26. The molecule has 0 spiro atoms. The molecule has 1 aromatic heterocycles. The fourth-order valence-corrected chi connectivity index (χ4v) is 2.33. The number of carbonyl (C=O) groups is 1. The fourth-order valence-electron chi connectivity index (χ4n) is 2.33. The second kappa shape index (κ2) is 7.57. The average molecular weight is 341 g/mol. The van der Waals surface area contributed by atoms with Gasteiger partial charge in [0.15, 0.2) is 0 Å². The molecular formula is C18H16FN3O3. The van der Waals surface area contributed by atoms with E-state index in [4.69, 9.17) is 9.15 Å². The van der Waals surface area contributed by atoms with Gasteiger partial charge in [-0.2, -0.15) is 0 Å². The van der Waals surface area contributed by atoms with Crippen LogP contribution in [0, 0.1) is 5.82 Å². The number of aromatic nitrogens is 2. The summed E-state index contributed by atoms with van der Waals surface area (Å²) in [4.78, 5) is 12.1. The standard InChI is InChI=1S/C18H16FN3O3/c1-24-15-9-5-3-7-13(15)17-21-22-18(25-17)16(23)20-11-10-12-6-2-4-8-14(12)19/h2-9H,10-11H2,1H3,(H,20,23). The molecule has 0 aliphatic carbocycles. The van der Waals surface area contributed by atoms with E-state index in [9.17, 15) is 9.18 Å². The third-order valence-electron chi connectivity index (χ3n) is 3.59. The van der Waals surface area contributed by atoms with E-state index < -0.39 is 5.91 Å². The Morgan fingerprint density at radius 2 is 1.92 bits per heavy atom. The van der Waals surface area contributed by atoms with Crippen LogP contribution in [0.15, 0.2) is 52.9 Å². The third kappa shape index (κ3) is 3.82. The maximum absolute atomic E-state index is 13.5. The van der Waals surface area contributed by atoms with Crippen LogP contribution in [-0.4, -0.2) is 29.8 Å². The smallest absolute Gasteiger partial charge is 0.308 e. The van der Waals surface area contributed by atoms with Gasteiger partial charge in [0.25, 0.3) is 5.89 Å². The minimum absolute atomic E-state index is 0.158. The van der Waals surface area contributed by atoms with Gasteiger partial charge in [0, 0.05) is 6.54 Å². The summed E-state index contributed by atoms with van der Waals surface area (Å²) < 4.78 is 24.2. The van der Waals surface area contributed by atoms with Crippen LogP contribution in [0.2, 0.25) is 0 Å². The van der Waals surface area contributed by atoms with Crippen molar-refractivity contribution < 1.29 is 18.3 Å². The van der Waals surface area contributed by atoms with E-state index in [0.29, 0.717) is 23.3 Å². The molecule has 2 aromatic carbocycles. The number of benzene rings is 2. The molecule has 0 unspecified atom stereocenters. The van der Waals surface area contributed by atoms with E-state index >= 15 is 0 Å². The maximum atomic E-state index is 13.5. The molecule has 0 saturated carbocycles. The van der Waals surface area contributed by atoms with Crippen LogP contribution < -0.4 is 10.1 Å². The fraction of sp³-hybridized carbons (Fsp3) is 0.167. The molecule has 1 N–H and O–H groups in total. The van der Waals surface area contributed by atoms with Gasteiger partial charge >= 0.3 is 11.8 Å². The summed E-state index contributed by atoms with van der Waals surface area (Å²) in [6.07, 6.45) is 0.367. The summed E-state index contributed by atoms with van der Waals surface area (Å²) in [6.45, 7) is 0.256. The number of carbonyl (C=O) groups excluding carboxylic acids is 1. The highest BCUT2D eigenvalue weighted by Gasteiger charge is 2.17. The minimum Gasteiger partial charge on any atom is -0.496 e. The molecule has 25 heavy (non-hydrogen) atoms. The van der Waals surface area contributed by atoms with Crippen molar-refractivity contribution in [3.63, 3.8) is 0 Å². The Kier molecular flexibility index (Phi) is 5.03. The Bertz CT molecular complexity index is 879. The van der Waals surface area contributed by atoms with E-state index in [0.717, 1.165) is 0 Å². The van der Waals surface area contributed by atoms with Gasteiger partial charge < -0.3 is 14.5 Å². The van der Waals surface area contributed by atoms with Gasteiger partial charge in [0.05, 0.1) is 12.7 Å². The summed E-state index contributed by atoms with van der Waals surface area (Å²) in [5.74, 6) is -0.207. The molecule has 0 bridgehead atoms. The van der Waals surface area contributed by atoms with E-state index in [1.807, 2.05) is 6.07 Å². The van der Waals surface area contributed by atoms with Crippen LogP contribution in [0.5, 0.6) is 5.75 Å². The number of ether oxygens (including phenoxy) is 1. The van der Waals surface area contributed by atoms with Gasteiger partial charge in [-0.3, -0.25) is 4.79 Å². The Hall–Kier alpha value is -3.22. The zero-order valence-corrected chi connectivity index (χ0v) is 13.5. The molecule has 1 amide bonds. The molecule has 0 atom stereocenters. The van der Waals surface area contributed by atoms with Crippen molar-refractivity contribution in [1.82, 2.24) is 15.5 Å². The molecular weight excluding hydrogens is 325 g/mol. The van der Waals surface area contributed by atoms with E-state index in [-0.39, 0.29) is 24.1 Å². The predicted octanol–water partition coefficient (Wildman–Crippen LogP) is 2.86.